The molecule has 9 nitrogen and oxygen atoms in total. The highest BCUT2D eigenvalue weighted by Crippen LogP contribution is 2.39. The number of hydrogen-bond acceptors (Lipinski definition) is 9. The number of carbonyl (C=O) groups is 2. The van der Waals surface area contributed by atoms with Crippen LogP contribution in [0.2, 0.25) is 10.0 Å². The summed E-state index contributed by atoms with van der Waals surface area (Å²) in [4.78, 5) is 29.1. The van der Waals surface area contributed by atoms with Crippen LogP contribution < -0.4 is 9.47 Å². The van der Waals surface area contributed by atoms with Gasteiger partial charge >= 0.3 is 12.6 Å². The summed E-state index contributed by atoms with van der Waals surface area (Å²) < 4.78 is 71.5. The van der Waals surface area contributed by atoms with Crippen LogP contribution >= 0.6 is 35.0 Å². The minimum atomic E-state index is -4.09. The fourth-order valence-corrected chi connectivity index (χ4v) is 8.73. The van der Waals surface area contributed by atoms with Crippen LogP contribution in [-0.4, -0.2) is 60.3 Å². The number of ether oxygens (including phenoxy) is 3. The molecule has 0 amide bonds. The molecule has 15 heteroatoms. The second kappa shape index (κ2) is 16.2. The third-order valence-electron chi connectivity index (χ3n) is 7.90. The van der Waals surface area contributed by atoms with Crippen LogP contribution in [0, 0.1) is 5.92 Å². The number of aromatic nitrogens is 1. The lowest BCUT2D eigenvalue weighted by Gasteiger charge is -2.26. The van der Waals surface area contributed by atoms with E-state index in [2.05, 4.69) is 9.72 Å². The van der Waals surface area contributed by atoms with Crippen LogP contribution in [0.3, 0.4) is 0 Å². The van der Waals surface area contributed by atoms with E-state index in [0.29, 0.717) is 48.7 Å². The zero-order chi connectivity index (χ0) is 34.4. The monoisotopic (exact) mass is 742 g/mol. The summed E-state index contributed by atoms with van der Waals surface area (Å²) in [6, 6.07) is 10.6. The lowest BCUT2D eigenvalue weighted by Crippen LogP contribution is -2.40. The number of benzene rings is 2. The third-order valence-corrected chi connectivity index (χ3v) is 11.7. The zero-order valence-corrected chi connectivity index (χ0v) is 29.1. The van der Waals surface area contributed by atoms with Crippen molar-refractivity contribution >= 4 is 56.7 Å². The lowest BCUT2D eigenvalue weighted by atomic mass is 10.0. The molecule has 2 fully saturated rings. The van der Waals surface area contributed by atoms with E-state index < -0.39 is 34.1 Å². The molecule has 258 valence electrons. The molecule has 2 aliphatic rings. The minimum Gasteiger partial charge on any atom is -0.489 e. The highest BCUT2D eigenvalue weighted by atomic mass is 35.5. The highest BCUT2D eigenvalue weighted by molar-refractivity contribution is 8.02. The summed E-state index contributed by atoms with van der Waals surface area (Å²) >= 11 is 14.0. The van der Waals surface area contributed by atoms with Crippen molar-refractivity contribution < 1.29 is 41.0 Å². The number of Topliss-reactive ketones (excluding diaryl/α,β-unsaturated/α-hetero) is 1. The van der Waals surface area contributed by atoms with Gasteiger partial charge in [0.15, 0.2) is 16.9 Å². The van der Waals surface area contributed by atoms with E-state index >= 15 is 0 Å². The number of sulfonamides is 1. The standard InChI is InChI=1S/C33H34Cl2F2N2O7S2/c1-20(40)3-2-4-21-7-10-24(11-8-21)48(42,43)39-13-14-47-31(39)32(41)45-29(16-25-26(34)17-38-18-27(25)35)23-9-12-28(46-33(36)37)30(15-23)44-19-22-5-6-22/h7-12,15,17-18,22,29,31,33H,2-6,13-14,16,19H2,1H3/t29-,31-/m0/s1. The Balaban J connectivity index is 1.40. The molecule has 2 aromatic carbocycles. The first-order chi connectivity index (χ1) is 22.9. The van der Waals surface area contributed by atoms with Gasteiger partial charge in [0, 0.05) is 37.5 Å². The molecule has 5 rings (SSSR count). The summed E-state index contributed by atoms with van der Waals surface area (Å²) in [6.45, 7) is -1.17. The summed E-state index contributed by atoms with van der Waals surface area (Å²) in [6.07, 6.45) is 5.34. The molecule has 0 unspecified atom stereocenters. The molecule has 0 spiro atoms. The molecule has 1 aromatic heterocycles. The number of aryl methyl sites for hydroxylation is 1. The molecule has 0 radical (unpaired) electrons. The van der Waals surface area contributed by atoms with Gasteiger partial charge in [-0.05, 0) is 79.5 Å². The number of rotatable bonds is 16. The molecule has 1 aliphatic carbocycles. The van der Waals surface area contributed by atoms with Gasteiger partial charge in [-0.2, -0.15) is 13.1 Å². The first kappa shape index (κ1) is 36.3. The smallest absolute Gasteiger partial charge is 0.387 e. The number of nitrogens with zero attached hydrogens (tertiary/aromatic N) is 2. The number of esters is 1. The maximum atomic E-state index is 13.8. The maximum absolute atomic E-state index is 13.8. The van der Waals surface area contributed by atoms with Crippen LogP contribution in [0.1, 0.15) is 55.4 Å². The van der Waals surface area contributed by atoms with Crippen molar-refractivity contribution in [2.45, 2.75) is 68.4 Å². The lowest BCUT2D eigenvalue weighted by molar-refractivity contribution is -0.150. The Bertz CT molecular complexity index is 1710. The van der Waals surface area contributed by atoms with Crippen LogP contribution in [0.25, 0.3) is 0 Å². The van der Waals surface area contributed by atoms with E-state index in [1.165, 1.54) is 49.6 Å². The summed E-state index contributed by atoms with van der Waals surface area (Å²) in [7, 11) is -4.09. The van der Waals surface area contributed by atoms with Crippen molar-refractivity contribution in [1.82, 2.24) is 9.29 Å². The minimum absolute atomic E-state index is 0.0251. The van der Waals surface area contributed by atoms with Gasteiger partial charge in [0.2, 0.25) is 10.0 Å². The van der Waals surface area contributed by atoms with Crippen molar-refractivity contribution in [3.63, 3.8) is 0 Å². The average molecular weight is 744 g/mol. The van der Waals surface area contributed by atoms with Crippen molar-refractivity contribution in [2.24, 2.45) is 5.92 Å². The van der Waals surface area contributed by atoms with Gasteiger partial charge in [-0.1, -0.05) is 41.4 Å². The molecule has 0 bridgehead atoms. The topological polar surface area (TPSA) is 112 Å². The van der Waals surface area contributed by atoms with Crippen molar-refractivity contribution in [3.05, 3.63) is 81.6 Å². The molecule has 2 heterocycles. The van der Waals surface area contributed by atoms with E-state index in [0.717, 1.165) is 34.5 Å². The fraction of sp³-hybridized carbons (Fsp3) is 0.424. The molecule has 2 atom stereocenters. The molecule has 48 heavy (non-hydrogen) atoms. The first-order valence-corrected chi connectivity index (χ1v) is 18.6. The number of ketones is 1. The Hall–Kier alpha value is -2.97. The van der Waals surface area contributed by atoms with E-state index in [1.54, 1.807) is 12.1 Å². The Morgan fingerprint density at radius 1 is 1.06 bits per heavy atom. The Morgan fingerprint density at radius 2 is 1.77 bits per heavy atom. The molecule has 0 N–H and O–H groups in total. The Labute approximate surface area is 292 Å². The SMILES string of the molecule is CC(=O)CCCc1ccc(S(=O)(=O)N2CCS[C@H]2C(=O)O[C@@H](Cc2c(Cl)cncc2Cl)c2ccc(OC(F)F)c(OCC3CC3)c2)cc1. The van der Waals surface area contributed by atoms with Gasteiger partial charge in [0.05, 0.1) is 21.5 Å². The number of carbonyl (C=O) groups excluding carboxylic acids is 2. The second-order valence-corrected chi connectivity index (χ2v) is 15.5. The molecule has 1 saturated heterocycles. The summed E-state index contributed by atoms with van der Waals surface area (Å²) in [5.41, 5.74) is 1.69. The molecule has 3 aromatic rings. The molecular formula is C33H34Cl2F2N2O7S2. The third kappa shape index (κ3) is 9.38. The normalized spacial score (nSPS) is 17.3. The van der Waals surface area contributed by atoms with Gasteiger partial charge in [0.1, 0.15) is 11.9 Å². The Kier molecular flexibility index (Phi) is 12.2. The fourth-order valence-electron chi connectivity index (χ4n) is 5.16. The predicted octanol–water partition coefficient (Wildman–Crippen LogP) is 7.28. The number of thioether (sulfide) groups is 1. The molecule has 1 saturated carbocycles. The second-order valence-electron chi connectivity index (χ2n) is 11.6. The van der Waals surface area contributed by atoms with Gasteiger partial charge in [-0.3, -0.25) is 4.98 Å². The number of hydrogen-bond donors (Lipinski definition) is 0. The van der Waals surface area contributed by atoms with E-state index in [-0.39, 0.29) is 45.2 Å². The predicted molar refractivity (Wildman–Crippen MR) is 178 cm³/mol. The number of halogens is 4. The van der Waals surface area contributed by atoms with Gasteiger partial charge in [-0.15, -0.1) is 11.8 Å². The Morgan fingerprint density at radius 3 is 2.42 bits per heavy atom. The van der Waals surface area contributed by atoms with Crippen molar-refractivity contribution in [1.29, 1.82) is 0 Å². The molecular weight excluding hydrogens is 709 g/mol. The van der Waals surface area contributed by atoms with Crippen LogP contribution in [0.15, 0.2) is 59.8 Å². The van der Waals surface area contributed by atoms with Gasteiger partial charge in [-0.25, -0.2) is 13.2 Å². The van der Waals surface area contributed by atoms with Gasteiger partial charge < -0.3 is 19.0 Å². The first-order valence-electron chi connectivity index (χ1n) is 15.3. The van der Waals surface area contributed by atoms with E-state index in [1.807, 2.05) is 0 Å². The largest absolute Gasteiger partial charge is 0.489 e. The average Bonchev–Trinajstić information content (AvgIpc) is 3.73. The van der Waals surface area contributed by atoms with Crippen molar-refractivity contribution in [2.75, 3.05) is 18.9 Å². The zero-order valence-electron chi connectivity index (χ0n) is 26.0. The van der Waals surface area contributed by atoms with Crippen LogP contribution in [0.5, 0.6) is 11.5 Å². The van der Waals surface area contributed by atoms with E-state index in [9.17, 15) is 26.8 Å². The van der Waals surface area contributed by atoms with Crippen molar-refractivity contribution in [3.8, 4) is 11.5 Å². The van der Waals surface area contributed by atoms with Crippen LogP contribution in [0.4, 0.5) is 8.78 Å². The highest BCUT2D eigenvalue weighted by Gasteiger charge is 2.42. The maximum Gasteiger partial charge on any atom is 0.387 e. The number of pyridine rings is 1. The summed E-state index contributed by atoms with van der Waals surface area (Å²) in [5, 5.41) is -0.755. The van der Waals surface area contributed by atoms with E-state index in [4.69, 9.17) is 32.7 Å². The number of alkyl halides is 2. The molecule has 1 aliphatic heterocycles. The quantitative estimate of drug-likeness (QED) is 0.140. The van der Waals surface area contributed by atoms with Gasteiger partial charge in [0.25, 0.3) is 0 Å². The summed E-state index contributed by atoms with van der Waals surface area (Å²) in [5.74, 6) is -0.182. The van der Waals surface area contributed by atoms with Crippen LogP contribution in [-0.2, 0) is 37.2 Å².